The number of carbonyl (C=O) groups excluding carboxylic acids is 1. The van der Waals surface area contributed by atoms with Crippen LogP contribution in [0, 0.1) is 5.82 Å². The fourth-order valence-electron chi connectivity index (χ4n) is 2.01. The number of nitrogens with zero attached hydrogens (tertiary/aromatic N) is 2. The molecule has 0 aliphatic heterocycles. The van der Waals surface area contributed by atoms with Crippen LogP contribution in [0.3, 0.4) is 0 Å². The quantitative estimate of drug-likeness (QED) is 0.809. The molecule has 23 heavy (non-hydrogen) atoms. The van der Waals surface area contributed by atoms with Crippen LogP contribution in [0.25, 0.3) is 5.69 Å². The molecule has 1 aromatic heterocycles. The average molecular weight is 309 g/mol. The molecule has 2 aromatic carbocycles. The van der Waals surface area contributed by atoms with Gasteiger partial charge in [0.05, 0.1) is 5.69 Å². The summed E-state index contributed by atoms with van der Waals surface area (Å²) in [6, 6.07) is 16.8. The van der Waals surface area contributed by atoms with E-state index in [1.54, 1.807) is 24.3 Å². The zero-order valence-corrected chi connectivity index (χ0v) is 11.9. The first-order valence-corrected chi connectivity index (χ1v) is 6.86. The Bertz CT molecular complexity index is 890. The summed E-state index contributed by atoms with van der Waals surface area (Å²) in [6.07, 6.45) is 0. The van der Waals surface area contributed by atoms with Crippen molar-refractivity contribution in [1.29, 1.82) is 0 Å². The molecule has 1 N–H and O–H groups in total. The van der Waals surface area contributed by atoms with Crippen LogP contribution in [0.5, 0.6) is 0 Å². The lowest BCUT2D eigenvalue weighted by atomic mass is 10.3. The summed E-state index contributed by atoms with van der Waals surface area (Å²) in [5.74, 6) is -0.875. The Labute approximate surface area is 131 Å². The van der Waals surface area contributed by atoms with Gasteiger partial charge < -0.3 is 5.32 Å². The standard InChI is InChI=1S/C17H12FN3O2/c18-12-6-8-13(9-7-12)19-17(23)15-10-11-16(22)21(20-15)14-4-2-1-3-5-14/h1-11H,(H,19,23). The van der Waals surface area contributed by atoms with Gasteiger partial charge in [0, 0.05) is 11.8 Å². The van der Waals surface area contributed by atoms with Crippen LogP contribution >= 0.6 is 0 Å². The van der Waals surface area contributed by atoms with Gasteiger partial charge in [-0.25, -0.2) is 4.39 Å². The normalized spacial score (nSPS) is 10.3. The lowest BCUT2D eigenvalue weighted by Gasteiger charge is -2.07. The van der Waals surface area contributed by atoms with Gasteiger partial charge in [-0.1, -0.05) is 18.2 Å². The highest BCUT2D eigenvalue weighted by Gasteiger charge is 2.11. The molecule has 6 heteroatoms. The lowest BCUT2D eigenvalue weighted by molar-refractivity contribution is 0.102. The Morgan fingerprint density at radius 2 is 1.65 bits per heavy atom. The molecule has 0 radical (unpaired) electrons. The summed E-state index contributed by atoms with van der Waals surface area (Å²) in [5.41, 5.74) is 0.747. The van der Waals surface area contributed by atoms with Gasteiger partial charge in [0.25, 0.3) is 11.5 Å². The highest BCUT2D eigenvalue weighted by Crippen LogP contribution is 2.10. The second kappa shape index (κ2) is 6.23. The maximum Gasteiger partial charge on any atom is 0.276 e. The SMILES string of the molecule is O=C(Nc1ccc(F)cc1)c1ccc(=O)n(-c2ccccc2)n1. The number of hydrogen-bond acceptors (Lipinski definition) is 3. The number of anilines is 1. The number of halogens is 1. The van der Waals surface area contributed by atoms with E-state index in [1.165, 1.54) is 36.4 Å². The first-order valence-electron chi connectivity index (χ1n) is 6.86. The largest absolute Gasteiger partial charge is 0.321 e. The van der Waals surface area contributed by atoms with E-state index in [1.807, 2.05) is 6.07 Å². The number of amides is 1. The minimum absolute atomic E-state index is 0.0813. The van der Waals surface area contributed by atoms with Crippen LogP contribution in [0.4, 0.5) is 10.1 Å². The van der Waals surface area contributed by atoms with E-state index in [4.69, 9.17) is 0 Å². The van der Waals surface area contributed by atoms with Gasteiger partial charge >= 0.3 is 0 Å². The van der Waals surface area contributed by atoms with Crippen LogP contribution in [0.1, 0.15) is 10.5 Å². The molecule has 0 fully saturated rings. The molecule has 114 valence electrons. The summed E-state index contributed by atoms with van der Waals surface area (Å²) in [7, 11) is 0. The third kappa shape index (κ3) is 3.32. The molecule has 5 nitrogen and oxygen atoms in total. The molecule has 1 amide bonds. The van der Waals surface area contributed by atoms with Gasteiger partial charge in [0.15, 0.2) is 0 Å². The fourth-order valence-corrected chi connectivity index (χ4v) is 2.01. The number of para-hydroxylation sites is 1. The molecule has 0 saturated heterocycles. The molecule has 1 heterocycles. The zero-order chi connectivity index (χ0) is 16.2. The van der Waals surface area contributed by atoms with Crippen molar-refractivity contribution in [2.24, 2.45) is 0 Å². The summed E-state index contributed by atoms with van der Waals surface area (Å²) >= 11 is 0. The molecule has 0 aliphatic carbocycles. The number of benzene rings is 2. The van der Waals surface area contributed by atoms with Gasteiger partial charge in [0.2, 0.25) is 0 Å². The molecular formula is C17H12FN3O2. The Hall–Kier alpha value is -3.28. The zero-order valence-electron chi connectivity index (χ0n) is 11.9. The molecule has 3 rings (SSSR count). The van der Waals surface area contributed by atoms with E-state index in [9.17, 15) is 14.0 Å². The van der Waals surface area contributed by atoms with Gasteiger partial charge in [-0.2, -0.15) is 9.78 Å². The maximum atomic E-state index is 12.9. The summed E-state index contributed by atoms with van der Waals surface area (Å²) < 4.78 is 14.0. The average Bonchev–Trinajstić information content (AvgIpc) is 2.58. The summed E-state index contributed by atoms with van der Waals surface area (Å²) in [5, 5.41) is 6.67. The molecule has 0 spiro atoms. The Morgan fingerprint density at radius 1 is 0.957 bits per heavy atom. The second-order valence-corrected chi connectivity index (χ2v) is 4.77. The molecule has 0 bridgehead atoms. The predicted octanol–water partition coefficient (Wildman–Crippen LogP) is 2.62. The van der Waals surface area contributed by atoms with Crippen molar-refractivity contribution >= 4 is 11.6 Å². The van der Waals surface area contributed by atoms with Crippen molar-refractivity contribution in [2.75, 3.05) is 5.32 Å². The van der Waals surface area contributed by atoms with E-state index in [-0.39, 0.29) is 11.3 Å². The minimum Gasteiger partial charge on any atom is -0.321 e. The molecule has 0 unspecified atom stereocenters. The molecular weight excluding hydrogens is 297 g/mol. The number of nitrogens with one attached hydrogen (secondary N) is 1. The van der Waals surface area contributed by atoms with E-state index in [2.05, 4.69) is 10.4 Å². The molecule has 0 saturated carbocycles. The van der Waals surface area contributed by atoms with Gasteiger partial charge in [0.1, 0.15) is 11.5 Å². The van der Waals surface area contributed by atoms with Crippen molar-refractivity contribution in [3.8, 4) is 5.69 Å². The van der Waals surface area contributed by atoms with Crippen molar-refractivity contribution < 1.29 is 9.18 Å². The van der Waals surface area contributed by atoms with Crippen LogP contribution < -0.4 is 10.9 Å². The predicted molar refractivity (Wildman–Crippen MR) is 84.2 cm³/mol. The highest BCUT2D eigenvalue weighted by molar-refractivity contribution is 6.02. The second-order valence-electron chi connectivity index (χ2n) is 4.77. The van der Waals surface area contributed by atoms with Crippen LogP contribution in [-0.2, 0) is 0 Å². The van der Waals surface area contributed by atoms with E-state index in [0.717, 1.165) is 4.68 Å². The van der Waals surface area contributed by atoms with E-state index in [0.29, 0.717) is 11.4 Å². The maximum absolute atomic E-state index is 12.9. The fraction of sp³-hybridized carbons (Fsp3) is 0. The highest BCUT2D eigenvalue weighted by atomic mass is 19.1. The molecule has 0 aliphatic rings. The minimum atomic E-state index is -0.485. The molecule has 0 atom stereocenters. The Morgan fingerprint density at radius 3 is 2.35 bits per heavy atom. The first-order chi connectivity index (χ1) is 11.1. The third-order valence-corrected chi connectivity index (χ3v) is 3.14. The summed E-state index contributed by atoms with van der Waals surface area (Å²) in [6.45, 7) is 0. The van der Waals surface area contributed by atoms with Gasteiger partial charge in [-0.3, -0.25) is 9.59 Å². The Kier molecular flexibility index (Phi) is 3.97. The lowest BCUT2D eigenvalue weighted by Crippen LogP contribution is -2.24. The van der Waals surface area contributed by atoms with E-state index >= 15 is 0 Å². The first kappa shape index (κ1) is 14.6. The third-order valence-electron chi connectivity index (χ3n) is 3.14. The molecule has 3 aromatic rings. The van der Waals surface area contributed by atoms with Gasteiger partial charge in [-0.05, 0) is 42.5 Å². The number of carbonyl (C=O) groups is 1. The van der Waals surface area contributed by atoms with E-state index < -0.39 is 11.7 Å². The summed E-state index contributed by atoms with van der Waals surface area (Å²) in [4.78, 5) is 24.1. The number of hydrogen-bond donors (Lipinski definition) is 1. The topological polar surface area (TPSA) is 64.0 Å². The van der Waals surface area contributed by atoms with Crippen LogP contribution in [0.2, 0.25) is 0 Å². The van der Waals surface area contributed by atoms with Crippen LogP contribution in [0.15, 0.2) is 71.5 Å². The van der Waals surface area contributed by atoms with Crippen molar-refractivity contribution in [1.82, 2.24) is 9.78 Å². The van der Waals surface area contributed by atoms with Crippen molar-refractivity contribution in [3.63, 3.8) is 0 Å². The smallest absolute Gasteiger partial charge is 0.276 e. The number of aromatic nitrogens is 2. The van der Waals surface area contributed by atoms with Gasteiger partial charge in [-0.15, -0.1) is 0 Å². The number of rotatable bonds is 3. The van der Waals surface area contributed by atoms with Crippen LogP contribution in [-0.4, -0.2) is 15.7 Å². The van der Waals surface area contributed by atoms with Crippen molar-refractivity contribution in [2.45, 2.75) is 0 Å². The van der Waals surface area contributed by atoms with Crippen molar-refractivity contribution in [3.05, 3.63) is 88.6 Å². The Balaban J connectivity index is 1.90. The monoisotopic (exact) mass is 309 g/mol.